The minimum atomic E-state index is -4.87. The van der Waals surface area contributed by atoms with Crippen molar-refractivity contribution in [3.05, 3.63) is 53.1 Å². The van der Waals surface area contributed by atoms with E-state index >= 15 is 0 Å². The fraction of sp³-hybridized carbons (Fsp3) is 0.435. The molecule has 0 bridgehead atoms. The Bertz CT molecular complexity index is 992. The Kier molecular flexibility index (Phi) is 6.59. The number of para-hydroxylation sites is 1. The second-order valence-corrected chi connectivity index (χ2v) is 8.56. The van der Waals surface area contributed by atoms with Crippen LogP contribution in [0.5, 0.6) is 11.5 Å². The lowest BCUT2D eigenvalue weighted by Gasteiger charge is -2.38. The van der Waals surface area contributed by atoms with E-state index in [9.17, 15) is 18.3 Å². The number of alkyl halides is 3. The topological polar surface area (TPSA) is 75.1 Å². The standard InChI is InChI=1S/C23H28F3N3O3/c1-15-8-9-16(11-29-27-4)18(10-15)28-13-22(30,23(24,25)26)12-21(2,3)17-6-5-7-19-20(17)32-14-31-19/h5-11,27-28,30H,12-14H2,1-4H3/b29-11-. The number of halogens is 3. The number of hydrogen-bond donors (Lipinski definition) is 3. The summed E-state index contributed by atoms with van der Waals surface area (Å²) in [5.41, 5.74) is 1.01. The van der Waals surface area contributed by atoms with Gasteiger partial charge in [0.05, 0.1) is 12.8 Å². The van der Waals surface area contributed by atoms with Crippen LogP contribution in [0.2, 0.25) is 0 Å². The van der Waals surface area contributed by atoms with E-state index in [1.54, 1.807) is 51.2 Å². The van der Waals surface area contributed by atoms with E-state index in [1.807, 2.05) is 13.0 Å². The van der Waals surface area contributed by atoms with Crippen molar-refractivity contribution in [1.82, 2.24) is 5.43 Å². The maximum atomic E-state index is 14.1. The number of fused-ring (bicyclic) bond motifs is 1. The zero-order chi connectivity index (χ0) is 23.6. The Morgan fingerprint density at radius 1 is 1.16 bits per heavy atom. The molecule has 3 rings (SSSR count). The first-order valence-electron chi connectivity index (χ1n) is 10.2. The van der Waals surface area contributed by atoms with Crippen molar-refractivity contribution in [3.63, 3.8) is 0 Å². The maximum absolute atomic E-state index is 14.1. The Labute approximate surface area is 185 Å². The third-order valence-corrected chi connectivity index (χ3v) is 5.50. The van der Waals surface area contributed by atoms with Gasteiger partial charge in [-0.3, -0.25) is 0 Å². The summed E-state index contributed by atoms with van der Waals surface area (Å²) in [4.78, 5) is 0. The SMILES string of the molecule is CN/N=C\c1ccc(C)cc1NCC(O)(CC(C)(C)c1cccc2c1OCO2)C(F)(F)F. The molecule has 0 saturated heterocycles. The van der Waals surface area contributed by atoms with Crippen LogP contribution in [-0.2, 0) is 5.41 Å². The normalized spacial score (nSPS) is 15.6. The zero-order valence-corrected chi connectivity index (χ0v) is 18.5. The lowest BCUT2D eigenvalue weighted by molar-refractivity contribution is -0.260. The molecule has 32 heavy (non-hydrogen) atoms. The first-order valence-corrected chi connectivity index (χ1v) is 10.2. The maximum Gasteiger partial charge on any atom is 0.418 e. The second kappa shape index (κ2) is 8.90. The molecular formula is C23H28F3N3O3. The molecule has 0 aliphatic carbocycles. The average Bonchev–Trinajstić information content (AvgIpc) is 3.19. The van der Waals surface area contributed by atoms with Crippen LogP contribution >= 0.6 is 0 Å². The number of hydrazone groups is 1. The summed E-state index contributed by atoms with van der Waals surface area (Å²) < 4.78 is 53.2. The van der Waals surface area contributed by atoms with Gasteiger partial charge in [-0.15, -0.1) is 0 Å². The summed E-state index contributed by atoms with van der Waals surface area (Å²) in [6.45, 7) is 4.42. The molecular weight excluding hydrogens is 423 g/mol. The average molecular weight is 451 g/mol. The van der Waals surface area contributed by atoms with Crippen molar-refractivity contribution in [2.45, 2.75) is 44.4 Å². The van der Waals surface area contributed by atoms with E-state index in [0.29, 0.717) is 28.3 Å². The minimum Gasteiger partial charge on any atom is -0.454 e. The predicted molar refractivity (Wildman–Crippen MR) is 118 cm³/mol. The van der Waals surface area contributed by atoms with E-state index in [-0.39, 0.29) is 6.79 Å². The van der Waals surface area contributed by atoms with Crippen molar-refractivity contribution in [3.8, 4) is 11.5 Å². The molecule has 1 aliphatic rings. The Morgan fingerprint density at radius 3 is 2.59 bits per heavy atom. The van der Waals surface area contributed by atoms with Gasteiger partial charge in [0.15, 0.2) is 17.1 Å². The summed E-state index contributed by atoms with van der Waals surface area (Å²) >= 11 is 0. The third-order valence-electron chi connectivity index (χ3n) is 5.50. The van der Waals surface area contributed by atoms with Crippen LogP contribution in [0.4, 0.5) is 18.9 Å². The smallest absolute Gasteiger partial charge is 0.418 e. The molecule has 1 aliphatic heterocycles. The van der Waals surface area contributed by atoms with Gasteiger partial charge in [0.2, 0.25) is 6.79 Å². The van der Waals surface area contributed by atoms with Crippen molar-refractivity contribution in [2.24, 2.45) is 5.10 Å². The molecule has 1 atom stereocenters. The van der Waals surface area contributed by atoms with Crippen molar-refractivity contribution < 1.29 is 27.8 Å². The first kappa shape index (κ1) is 23.7. The molecule has 2 aromatic carbocycles. The molecule has 1 unspecified atom stereocenters. The molecule has 174 valence electrons. The van der Waals surface area contributed by atoms with Crippen LogP contribution in [0, 0.1) is 6.92 Å². The summed E-state index contributed by atoms with van der Waals surface area (Å²) in [7, 11) is 1.62. The molecule has 6 nitrogen and oxygen atoms in total. The third kappa shape index (κ3) is 4.93. The molecule has 0 fully saturated rings. The fourth-order valence-corrected chi connectivity index (χ4v) is 3.86. The van der Waals surface area contributed by atoms with Crippen LogP contribution < -0.4 is 20.2 Å². The predicted octanol–water partition coefficient (Wildman–Crippen LogP) is 4.35. The van der Waals surface area contributed by atoms with Gasteiger partial charge in [-0.2, -0.15) is 18.3 Å². The number of hydrogen-bond acceptors (Lipinski definition) is 6. The van der Waals surface area contributed by atoms with Crippen molar-refractivity contribution in [2.75, 3.05) is 25.7 Å². The van der Waals surface area contributed by atoms with Gasteiger partial charge in [0, 0.05) is 23.9 Å². The molecule has 2 aromatic rings. The number of aliphatic hydroxyl groups is 1. The highest BCUT2D eigenvalue weighted by Gasteiger charge is 2.56. The minimum absolute atomic E-state index is 0.0117. The molecule has 0 aromatic heterocycles. The highest BCUT2D eigenvalue weighted by molar-refractivity contribution is 5.87. The van der Waals surface area contributed by atoms with E-state index in [1.165, 1.54) is 6.21 Å². The van der Waals surface area contributed by atoms with E-state index < -0.39 is 30.2 Å². The van der Waals surface area contributed by atoms with Gasteiger partial charge in [-0.05, 0) is 36.5 Å². The lowest BCUT2D eigenvalue weighted by Crippen LogP contribution is -2.53. The molecule has 0 amide bonds. The molecule has 0 spiro atoms. The number of nitrogens with one attached hydrogen (secondary N) is 2. The summed E-state index contributed by atoms with van der Waals surface area (Å²) in [5, 5.41) is 17.6. The molecule has 0 saturated carbocycles. The number of rotatable bonds is 8. The number of nitrogens with zero attached hydrogens (tertiary/aromatic N) is 1. The van der Waals surface area contributed by atoms with Gasteiger partial charge in [0.25, 0.3) is 0 Å². The van der Waals surface area contributed by atoms with Gasteiger partial charge in [0.1, 0.15) is 0 Å². The van der Waals surface area contributed by atoms with Gasteiger partial charge >= 0.3 is 6.18 Å². The summed E-state index contributed by atoms with van der Waals surface area (Å²) in [5.74, 6) is 0.900. The molecule has 1 heterocycles. The number of ether oxygens (including phenoxy) is 2. The Balaban J connectivity index is 1.89. The number of anilines is 1. The molecule has 9 heteroatoms. The molecule has 0 radical (unpaired) electrons. The van der Waals surface area contributed by atoms with Crippen molar-refractivity contribution in [1.29, 1.82) is 0 Å². The number of aryl methyl sites for hydroxylation is 1. The quantitative estimate of drug-likeness (QED) is 0.411. The van der Waals surface area contributed by atoms with E-state index in [2.05, 4.69) is 15.8 Å². The fourth-order valence-electron chi connectivity index (χ4n) is 3.86. The van der Waals surface area contributed by atoms with Gasteiger partial charge in [-0.25, -0.2) is 0 Å². The van der Waals surface area contributed by atoms with Crippen LogP contribution in [0.3, 0.4) is 0 Å². The van der Waals surface area contributed by atoms with Crippen LogP contribution in [-0.4, -0.2) is 43.5 Å². The monoisotopic (exact) mass is 451 g/mol. The van der Waals surface area contributed by atoms with Gasteiger partial charge in [-0.1, -0.05) is 38.1 Å². The Hall–Kier alpha value is -2.94. The van der Waals surface area contributed by atoms with Crippen LogP contribution in [0.25, 0.3) is 0 Å². The summed E-state index contributed by atoms with van der Waals surface area (Å²) in [6.07, 6.45) is -3.94. The summed E-state index contributed by atoms with van der Waals surface area (Å²) in [6, 6.07) is 10.4. The zero-order valence-electron chi connectivity index (χ0n) is 18.5. The van der Waals surface area contributed by atoms with Gasteiger partial charge < -0.3 is 25.3 Å². The lowest BCUT2D eigenvalue weighted by atomic mass is 9.74. The molecule has 3 N–H and O–H groups in total. The van der Waals surface area contributed by atoms with Crippen LogP contribution in [0.1, 0.15) is 37.0 Å². The second-order valence-electron chi connectivity index (χ2n) is 8.56. The number of benzene rings is 2. The highest BCUT2D eigenvalue weighted by atomic mass is 19.4. The van der Waals surface area contributed by atoms with Crippen LogP contribution in [0.15, 0.2) is 41.5 Å². The van der Waals surface area contributed by atoms with E-state index in [0.717, 1.165) is 5.56 Å². The first-order chi connectivity index (χ1) is 15.0. The van der Waals surface area contributed by atoms with Crippen molar-refractivity contribution >= 4 is 11.9 Å². The largest absolute Gasteiger partial charge is 0.454 e. The highest BCUT2D eigenvalue weighted by Crippen LogP contribution is 2.47. The Morgan fingerprint density at radius 2 is 1.91 bits per heavy atom. The van der Waals surface area contributed by atoms with E-state index in [4.69, 9.17) is 9.47 Å².